The summed E-state index contributed by atoms with van der Waals surface area (Å²) in [5.41, 5.74) is 2.60. The molecular weight excluding hydrogens is 218 g/mol. The molecule has 0 saturated carbocycles. The third-order valence-electron chi connectivity index (χ3n) is 2.45. The number of hydrogen-bond donors (Lipinski definition) is 1. The molecule has 0 fully saturated rings. The highest BCUT2D eigenvalue weighted by molar-refractivity contribution is 5.33. The Hall–Kier alpha value is -1.88. The van der Waals surface area contributed by atoms with Gasteiger partial charge in [0.15, 0.2) is 0 Å². The van der Waals surface area contributed by atoms with Gasteiger partial charge in [0.2, 0.25) is 0 Å². The second-order valence-corrected chi connectivity index (χ2v) is 3.72. The van der Waals surface area contributed by atoms with Gasteiger partial charge in [-0.3, -0.25) is 0 Å². The van der Waals surface area contributed by atoms with E-state index in [9.17, 15) is 0 Å². The first kappa shape index (κ1) is 11.6. The summed E-state index contributed by atoms with van der Waals surface area (Å²) >= 11 is 0. The van der Waals surface area contributed by atoms with Gasteiger partial charge in [-0.05, 0) is 20.0 Å². The van der Waals surface area contributed by atoms with Crippen molar-refractivity contribution in [2.45, 2.75) is 20.1 Å². The fourth-order valence-electron chi connectivity index (χ4n) is 1.51. The van der Waals surface area contributed by atoms with Crippen LogP contribution in [0, 0.1) is 6.92 Å². The van der Waals surface area contributed by atoms with Crippen molar-refractivity contribution in [3.63, 3.8) is 0 Å². The third kappa shape index (κ3) is 2.82. The van der Waals surface area contributed by atoms with Crippen LogP contribution in [0.5, 0.6) is 5.75 Å². The van der Waals surface area contributed by atoms with Crippen molar-refractivity contribution in [2.75, 3.05) is 7.05 Å². The summed E-state index contributed by atoms with van der Waals surface area (Å²) in [5.74, 6) is 0.851. The largest absolute Gasteiger partial charge is 0.487 e. The van der Waals surface area contributed by atoms with Crippen LogP contribution in [0.25, 0.3) is 0 Å². The zero-order chi connectivity index (χ0) is 12.1. The number of aromatic nitrogens is 2. The first-order valence-electron chi connectivity index (χ1n) is 5.44. The first-order chi connectivity index (χ1) is 8.31. The molecule has 5 heteroatoms. The number of benzene rings is 1. The van der Waals surface area contributed by atoms with Crippen molar-refractivity contribution in [1.29, 1.82) is 0 Å². The molecule has 1 heterocycles. The van der Waals surface area contributed by atoms with Gasteiger partial charge in [0.05, 0.1) is 0 Å². The van der Waals surface area contributed by atoms with Gasteiger partial charge in [-0.25, -0.2) is 4.63 Å². The second kappa shape index (κ2) is 5.45. The summed E-state index contributed by atoms with van der Waals surface area (Å²) in [6, 6.07) is 7.90. The summed E-state index contributed by atoms with van der Waals surface area (Å²) in [6.07, 6.45) is 0. The number of nitrogens with zero attached hydrogens (tertiary/aromatic N) is 2. The molecule has 1 N–H and O–H groups in total. The lowest BCUT2D eigenvalue weighted by Gasteiger charge is -2.09. The molecular formula is C12H15N3O2. The molecule has 5 nitrogen and oxygen atoms in total. The van der Waals surface area contributed by atoms with Gasteiger partial charge >= 0.3 is 0 Å². The van der Waals surface area contributed by atoms with Crippen LogP contribution in [0.4, 0.5) is 0 Å². The van der Waals surface area contributed by atoms with E-state index in [1.165, 1.54) is 0 Å². The Morgan fingerprint density at radius 3 is 2.82 bits per heavy atom. The van der Waals surface area contributed by atoms with Crippen LogP contribution in [0.2, 0.25) is 0 Å². The first-order valence-corrected chi connectivity index (χ1v) is 5.44. The number of nitrogens with one attached hydrogen (secondary N) is 1. The molecule has 0 amide bonds. The highest BCUT2D eigenvalue weighted by Crippen LogP contribution is 2.19. The van der Waals surface area contributed by atoms with Gasteiger partial charge in [0, 0.05) is 12.1 Å². The fourth-order valence-corrected chi connectivity index (χ4v) is 1.51. The summed E-state index contributed by atoms with van der Waals surface area (Å²) in [4.78, 5) is 0. The third-order valence-corrected chi connectivity index (χ3v) is 2.45. The van der Waals surface area contributed by atoms with Crippen LogP contribution in [0.1, 0.15) is 17.0 Å². The summed E-state index contributed by atoms with van der Waals surface area (Å²) in [6.45, 7) is 2.98. The van der Waals surface area contributed by atoms with Crippen LogP contribution in [-0.2, 0) is 13.2 Å². The molecule has 0 aliphatic carbocycles. The van der Waals surface area contributed by atoms with Crippen molar-refractivity contribution in [3.8, 4) is 5.75 Å². The van der Waals surface area contributed by atoms with Gasteiger partial charge in [-0.2, -0.15) is 0 Å². The van der Waals surface area contributed by atoms with E-state index in [0.717, 1.165) is 29.2 Å². The molecule has 1 aromatic heterocycles. The van der Waals surface area contributed by atoms with E-state index in [1.54, 1.807) is 0 Å². The van der Waals surface area contributed by atoms with E-state index in [0.29, 0.717) is 6.61 Å². The van der Waals surface area contributed by atoms with Crippen LogP contribution >= 0.6 is 0 Å². The molecule has 0 unspecified atom stereocenters. The minimum absolute atomic E-state index is 0.371. The van der Waals surface area contributed by atoms with Crippen molar-refractivity contribution in [2.24, 2.45) is 0 Å². The molecule has 1 aromatic carbocycles. The van der Waals surface area contributed by atoms with Crippen LogP contribution in [-0.4, -0.2) is 17.4 Å². The number of para-hydroxylation sites is 1. The molecule has 0 aliphatic heterocycles. The Bertz CT molecular complexity index is 482. The molecule has 2 aromatic rings. The second-order valence-electron chi connectivity index (χ2n) is 3.72. The molecule has 2 rings (SSSR count). The fraction of sp³-hybridized carbons (Fsp3) is 0.333. The van der Waals surface area contributed by atoms with Crippen molar-refractivity contribution in [1.82, 2.24) is 15.6 Å². The van der Waals surface area contributed by atoms with E-state index in [2.05, 4.69) is 20.3 Å². The molecule has 17 heavy (non-hydrogen) atoms. The Morgan fingerprint density at radius 1 is 1.29 bits per heavy atom. The van der Waals surface area contributed by atoms with E-state index in [4.69, 9.17) is 4.74 Å². The average Bonchev–Trinajstić information content (AvgIpc) is 2.74. The smallest absolute Gasteiger partial charge is 0.145 e. The standard InChI is InChI=1S/C12H15N3O2/c1-9-11(15-17-14-9)8-16-12-6-4-3-5-10(12)7-13-2/h3-6,13H,7-8H2,1-2H3. The maximum atomic E-state index is 5.71. The number of rotatable bonds is 5. The average molecular weight is 233 g/mol. The Labute approximate surface area is 99.7 Å². The Balaban J connectivity index is 2.06. The lowest BCUT2D eigenvalue weighted by molar-refractivity contribution is 0.268. The van der Waals surface area contributed by atoms with E-state index < -0.39 is 0 Å². The summed E-state index contributed by atoms with van der Waals surface area (Å²) in [7, 11) is 1.91. The Morgan fingerprint density at radius 2 is 2.12 bits per heavy atom. The van der Waals surface area contributed by atoms with Gasteiger partial charge in [0.1, 0.15) is 23.7 Å². The molecule has 0 bridgehead atoms. The lowest BCUT2D eigenvalue weighted by Crippen LogP contribution is -2.07. The highest BCUT2D eigenvalue weighted by atomic mass is 16.6. The van der Waals surface area contributed by atoms with E-state index in [-0.39, 0.29) is 0 Å². The quantitative estimate of drug-likeness (QED) is 0.851. The van der Waals surface area contributed by atoms with Crippen molar-refractivity contribution >= 4 is 0 Å². The van der Waals surface area contributed by atoms with E-state index in [1.807, 2.05) is 38.2 Å². The minimum Gasteiger partial charge on any atom is -0.487 e. The van der Waals surface area contributed by atoms with Gasteiger partial charge in [-0.15, -0.1) is 0 Å². The SMILES string of the molecule is CNCc1ccccc1OCc1nonc1C. The predicted octanol–water partition coefficient (Wildman–Crippen LogP) is 1.68. The minimum atomic E-state index is 0.371. The summed E-state index contributed by atoms with van der Waals surface area (Å²) in [5, 5.41) is 10.6. The van der Waals surface area contributed by atoms with E-state index >= 15 is 0 Å². The Kier molecular flexibility index (Phi) is 3.72. The van der Waals surface area contributed by atoms with Gasteiger partial charge in [-0.1, -0.05) is 28.5 Å². The predicted molar refractivity (Wildman–Crippen MR) is 62.6 cm³/mol. The van der Waals surface area contributed by atoms with Crippen molar-refractivity contribution < 1.29 is 9.37 Å². The van der Waals surface area contributed by atoms with Crippen LogP contribution in [0.3, 0.4) is 0 Å². The van der Waals surface area contributed by atoms with Gasteiger partial charge in [0.25, 0.3) is 0 Å². The molecule has 0 aliphatic rings. The molecule has 90 valence electrons. The maximum Gasteiger partial charge on any atom is 0.145 e. The van der Waals surface area contributed by atoms with Crippen LogP contribution < -0.4 is 10.1 Å². The lowest BCUT2D eigenvalue weighted by atomic mass is 10.2. The summed E-state index contributed by atoms with van der Waals surface area (Å²) < 4.78 is 10.3. The maximum absolute atomic E-state index is 5.71. The van der Waals surface area contributed by atoms with Crippen molar-refractivity contribution in [3.05, 3.63) is 41.2 Å². The molecule has 0 atom stereocenters. The number of aryl methyl sites for hydroxylation is 1. The monoisotopic (exact) mass is 233 g/mol. The molecule has 0 radical (unpaired) electrons. The molecule has 0 saturated heterocycles. The topological polar surface area (TPSA) is 60.2 Å². The zero-order valence-corrected chi connectivity index (χ0v) is 9.93. The van der Waals surface area contributed by atoms with Gasteiger partial charge < -0.3 is 10.1 Å². The highest BCUT2D eigenvalue weighted by Gasteiger charge is 2.07. The van der Waals surface area contributed by atoms with Crippen LogP contribution in [0.15, 0.2) is 28.9 Å². The number of hydrogen-bond acceptors (Lipinski definition) is 5. The normalized spacial score (nSPS) is 10.5. The number of ether oxygens (including phenoxy) is 1. The molecule has 0 spiro atoms. The zero-order valence-electron chi connectivity index (χ0n) is 9.93.